The zero-order valence-electron chi connectivity index (χ0n) is 16.3. The van der Waals surface area contributed by atoms with Gasteiger partial charge in [0.25, 0.3) is 0 Å². The van der Waals surface area contributed by atoms with Crippen molar-refractivity contribution in [1.29, 1.82) is 0 Å². The summed E-state index contributed by atoms with van der Waals surface area (Å²) in [5.41, 5.74) is 1.14. The summed E-state index contributed by atoms with van der Waals surface area (Å²) >= 11 is 8.70. The van der Waals surface area contributed by atoms with Crippen LogP contribution >= 0.6 is 34.9 Å². The highest BCUT2D eigenvalue weighted by Gasteiger charge is 2.22. The first-order valence-corrected chi connectivity index (χ1v) is 11.9. The van der Waals surface area contributed by atoms with Gasteiger partial charge in [-0.3, -0.25) is 19.4 Å². The molecule has 1 aliphatic heterocycles. The summed E-state index contributed by atoms with van der Waals surface area (Å²) < 4.78 is 2.48. The van der Waals surface area contributed by atoms with Crippen molar-refractivity contribution in [3.63, 3.8) is 0 Å². The van der Waals surface area contributed by atoms with Crippen molar-refractivity contribution in [3.05, 3.63) is 38.4 Å². The van der Waals surface area contributed by atoms with Gasteiger partial charge in [-0.2, -0.15) is 5.10 Å². The van der Waals surface area contributed by atoms with Crippen molar-refractivity contribution >= 4 is 40.8 Å². The minimum Gasteiger partial charge on any atom is -0.340 e. The van der Waals surface area contributed by atoms with E-state index in [1.165, 1.54) is 5.01 Å². The third-order valence-electron chi connectivity index (χ3n) is 5.06. The van der Waals surface area contributed by atoms with Gasteiger partial charge in [-0.15, -0.1) is 22.7 Å². The number of aromatic nitrogens is 4. The van der Waals surface area contributed by atoms with Crippen LogP contribution in [0.4, 0.5) is 0 Å². The quantitative estimate of drug-likeness (QED) is 0.561. The predicted molar refractivity (Wildman–Crippen MR) is 119 cm³/mol. The van der Waals surface area contributed by atoms with Crippen molar-refractivity contribution in [1.82, 2.24) is 29.5 Å². The zero-order valence-corrected chi connectivity index (χ0v) is 18.8. The van der Waals surface area contributed by atoms with E-state index in [0.717, 1.165) is 55.5 Å². The van der Waals surface area contributed by atoms with Gasteiger partial charge >= 0.3 is 0 Å². The van der Waals surface area contributed by atoms with E-state index in [4.69, 9.17) is 12.2 Å². The second kappa shape index (κ2) is 9.29. The van der Waals surface area contributed by atoms with Crippen molar-refractivity contribution in [3.8, 4) is 10.7 Å². The number of hydrogen-bond acceptors (Lipinski definition) is 7. The average Bonchev–Trinajstić information content (AvgIpc) is 3.48. The van der Waals surface area contributed by atoms with E-state index in [2.05, 4.69) is 32.4 Å². The van der Waals surface area contributed by atoms with Crippen LogP contribution in [0.1, 0.15) is 24.0 Å². The van der Waals surface area contributed by atoms with Crippen LogP contribution in [-0.2, 0) is 24.3 Å². The number of aromatic amines is 1. The number of thiazole rings is 1. The summed E-state index contributed by atoms with van der Waals surface area (Å²) in [6.45, 7) is 6.84. The molecule has 1 amide bonds. The zero-order chi connectivity index (χ0) is 20.2. The highest BCUT2D eigenvalue weighted by molar-refractivity contribution is 7.71. The lowest BCUT2D eigenvalue weighted by Gasteiger charge is -2.34. The van der Waals surface area contributed by atoms with Gasteiger partial charge in [0.05, 0.1) is 15.6 Å². The smallest absolute Gasteiger partial charge is 0.224 e. The Morgan fingerprint density at radius 2 is 2.10 bits per heavy atom. The average molecular weight is 449 g/mol. The Balaban J connectivity index is 1.28. The maximum Gasteiger partial charge on any atom is 0.224 e. The Labute approximate surface area is 183 Å². The molecular weight excluding hydrogens is 424 g/mol. The van der Waals surface area contributed by atoms with Crippen molar-refractivity contribution < 1.29 is 4.79 Å². The lowest BCUT2D eigenvalue weighted by atomic mass is 10.2. The summed E-state index contributed by atoms with van der Waals surface area (Å²) in [4.78, 5) is 22.8. The van der Waals surface area contributed by atoms with Gasteiger partial charge in [0, 0.05) is 51.1 Å². The van der Waals surface area contributed by atoms with E-state index >= 15 is 0 Å². The Kier molecular flexibility index (Phi) is 6.53. The maximum absolute atomic E-state index is 12.7. The Hall–Kier alpha value is -1.88. The van der Waals surface area contributed by atoms with Gasteiger partial charge in [-0.25, -0.2) is 4.98 Å². The predicted octanol–water partition coefficient (Wildman–Crippen LogP) is 3.42. The molecule has 1 N–H and O–H groups in total. The van der Waals surface area contributed by atoms with E-state index < -0.39 is 0 Å². The molecule has 3 aromatic rings. The molecule has 0 atom stereocenters. The van der Waals surface area contributed by atoms with Crippen LogP contribution in [0.5, 0.6) is 0 Å². The molecule has 10 heteroatoms. The first-order valence-electron chi connectivity index (χ1n) is 9.76. The molecule has 1 aliphatic rings. The molecule has 0 unspecified atom stereocenters. The first-order chi connectivity index (χ1) is 14.1. The fourth-order valence-corrected chi connectivity index (χ4v) is 5.13. The molecule has 0 aliphatic carbocycles. The van der Waals surface area contributed by atoms with Crippen molar-refractivity contribution in [2.45, 2.75) is 32.9 Å². The first kappa shape index (κ1) is 20.4. The number of carbonyl (C=O) groups excluding carboxylic acids is 1. The molecule has 0 saturated carbocycles. The second-order valence-electron chi connectivity index (χ2n) is 6.97. The number of hydrogen-bond donors (Lipinski definition) is 1. The Morgan fingerprint density at radius 3 is 2.79 bits per heavy atom. The van der Waals surface area contributed by atoms with Gasteiger partial charge in [0.15, 0.2) is 10.6 Å². The summed E-state index contributed by atoms with van der Waals surface area (Å²) in [5.74, 6) is 0.976. The van der Waals surface area contributed by atoms with Gasteiger partial charge < -0.3 is 4.90 Å². The second-order valence-corrected chi connectivity index (χ2v) is 9.25. The normalized spacial score (nSPS) is 15.1. The van der Waals surface area contributed by atoms with E-state index in [-0.39, 0.29) is 5.91 Å². The van der Waals surface area contributed by atoms with Gasteiger partial charge in [0.2, 0.25) is 5.91 Å². The van der Waals surface area contributed by atoms with Crippen LogP contribution in [0.2, 0.25) is 0 Å². The standard InChI is InChI=1S/C19H24N6OS3/c1-2-16-20-14(13-29-16)12-23-7-9-24(10-8-23)17(26)5-6-25-18(21-22-19(25)27)15-4-3-11-28-15/h3-4,11,13H,2,5-10,12H2,1H3,(H,22,27). The SMILES string of the molecule is CCc1nc(CN2CCN(C(=O)CCn3c(-c4cccs4)n[nH]c3=S)CC2)cs1. The van der Waals surface area contributed by atoms with Crippen LogP contribution in [0.15, 0.2) is 22.9 Å². The van der Waals surface area contributed by atoms with Crippen LogP contribution < -0.4 is 0 Å². The summed E-state index contributed by atoms with van der Waals surface area (Å²) in [6, 6.07) is 4.00. The molecule has 4 heterocycles. The molecule has 7 nitrogen and oxygen atoms in total. The monoisotopic (exact) mass is 448 g/mol. The topological polar surface area (TPSA) is 70.1 Å². The molecule has 4 rings (SSSR count). The van der Waals surface area contributed by atoms with Crippen LogP contribution in [-0.4, -0.2) is 61.6 Å². The Morgan fingerprint density at radius 1 is 1.28 bits per heavy atom. The minimum absolute atomic E-state index is 0.173. The third-order valence-corrected chi connectivity index (χ3v) is 7.28. The lowest BCUT2D eigenvalue weighted by molar-refractivity contribution is -0.133. The number of amides is 1. The maximum atomic E-state index is 12.7. The van der Waals surface area contributed by atoms with Gasteiger partial charge in [0.1, 0.15) is 0 Å². The number of H-pyrrole nitrogens is 1. The molecule has 29 heavy (non-hydrogen) atoms. The Bertz CT molecular complexity index is 997. The van der Waals surface area contributed by atoms with E-state index in [1.807, 2.05) is 27.0 Å². The van der Waals surface area contributed by atoms with Gasteiger partial charge in [-0.05, 0) is 30.1 Å². The summed E-state index contributed by atoms with van der Waals surface area (Å²) in [6.07, 6.45) is 1.42. The van der Waals surface area contributed by atoms with Crippen molar-refractivity contribution in [2.75, 3.05) is 26.2 Å². The lowest BCUT2D eigenvalue weighted by Crippen LogP contribution is -2.48. The number of rotatable bonds is 7. The molecular formula is C19H24N6OS3. The minimum atomic E-state index is 0.173. The molecule has 0 aromatic carbocycles. The molecule has 0 spiro atoms. The largest absolute Gasteiger partial charge is 0.340 e. The molecule has 0 bridgehead atoms. The molecule has 1 saturated heterocycles. The highest BCUT2D eigenvalue weighted by Crippen LogP contribution is 2.23. The number of aryl methyl sites for hydroxylation is 1. The van der Waals surface area contributed by atoms with Gasteiger partial charge in [-0.1, -0.05) is 13.0 Å². The highest BCUT2D eigenvalue weighted by atomic mass is 32.1. The number of carbonyl (C=O) groups is 1. The van der Waals surface area contributed by atoms with E-state index in [9.17, 15) is 4.79 Å². The van der Waals surface area contributed by atoms with E-state index in [1.54, 1.807) is 22.7 Å². The number of piperazine rings is 1. The van der Waals surface area contributed by atoms with E-state index in [0.29, 0.717) is 17.7 Å². The number of thiophene rings is 1. The fourth-order valence-electron chi connectivity index (χ4n) is 3.45. The molecule has 3 aromatic heterocycles. The summed E-state index contributed by atoms with van der Waals surface area (Å²) in [7, 11) is 0. The summed E-state index contributed by atoms with van der Waals surface area (Å²) in [5, 5.41) is 12.5. The third kappa shape index (κ3) is 4.82. The molecule has 1 fully saturated rings. The fraction of sp³-hybridized carbons (Fsp3) is 0.474. The number of nitrogens with zero attached hydrogens (tertiary/aromatic N) is 5. The van der Waals surface area contributed by atoms with Crippen LogP contribution in [0, 0.1) is 4.77 Å². The molecule has 154 valence electrons. The molecule has 0 radical (unpaired) electrons. The van der Waals surface area contributed by atoms with Crippen LogP contribution in [0.25, 0.3) is 10.7 Å². The number of nitrogens with one attached hydrogen (secondary N) is 1. The van der Waals surface area contributed by atoms with Crippen LogP contribution in [0.3, 0.4) is 0 Å². The van der Waals surface area contributed by atoms with Crippen molar-refractivity contribution in [2.24, 2.45) is 0 Å².